The van der Waals surface area contributed by atoms with Gasteiger partial charge in [0, 0.05) is 13.7 Å². The molecule has 0 aromatic rings. The second kappa shape index (κ2) is 6.55. The number of ether oxygens (including phenoxy) is 1. The Labute approximate surface area is 119 Å². The summed E-state index contributed by atoms with van der Waals surface area (Å²) < 4.78 is 5.49. The lowest BCUT2D eigenvalue weighted by Crippen LogP contribution is -2.62. The van der Waals surface area contributed by atoms with Crippen LogP contribution in [0, 0.1) is 17.3 Å². The second-order valence-electron chi connectivity index (χ2n) is 7.52. The number of rotatable bonds is 5. The van der Waals surface area contributed by atoms with E-state index in [0.29, 0.717) is 17.9 Å². The monoisotopic (exact) mass is 270 g/mol. The molecule has 1 unspecified atom stereocenters. The molecule has 1 heterocycles. The maximum atomic E-state index is 6.12. The first-order chi connectivity index (χ1) is 8.78. The highest BCUT2D eigenvalue weighted by Crippen LogP contribution is 2.37. The van der Waals surface area contributed by atoms with Crippen LogP contribution in [-0.4, -0.2) is 43.8 Å². The largest absolute Gasteiger partial charge is 0.383 e. The third-order valence-electron chi connectivity index (χ3n) is 5.17. The molecule has 0 aliphatic carbocycles. The lowest BCUT2D eigenvalue weighted by atomic mass is 9.73. The fourth-order valence-corrected chi connectivity index (χ4v) is 3.49. The van der Waals surface area contributed by atoms with Gasteiger partial charge in [0.05, 0.1) is 12.1 Å². The standard InChI is InChI=1S/C16H34N2O/c1-13(2)16(11-17,12-19-6)18-9-7-14(8-10-18)15(3,4)5/h13-14H,7-12,17H2,1-6H3. The van der Waals surface area contributed by atoms with Crippen LogP contribution in [0.25, 0.3) is 0 Å². The summed E-state index contributed by atoms with van der Waals surface area (Å²) >= 11 is 0. The third-order valence-corrected chi connectivity index (χ3v) is 5.17. The first-order valence-electron chi connectivity index (χ1n) is 7.72. The van der Waals surface area contributed by atoms with Crippen molar-refractivity contribution in [1.82, 2.24) is 4.90 Å². The lowest BCUT2D eigenvalue weighted by Gasteiger charge is -2.50. The van der Waals surface area contributed by atoms with Gasteiger partial charge in [-0.3, -0.25) is 4.90 Å². The van der Waals surface area contributed by atoms with Gasteiger partial charge in [-0.15, -0.1) is 0 Å². The summed E-state index contributed by atoms with van der Waals surface area (Å²) in [6.45, 7) is 15.3. The van der Waals surface area contributed by atoms with Crippen molar-refractivity contribution in [2.24, 2.45) is 23.0 Å². The quantitative estimate of drug-likeness (QED) is 0.835. The molecule has 1 aliphatic heterocycles. The van der Waals surface area contributed by atoms with Gasteiger partial charge in [-0.25, -0.2) is 0 Å². The molecule has 0 amide bonds. The molecule has 0 saturated carbocycles. The third kappa shape index (κ3) is 3.71. The van der Waals surface area contributed by atoms with E-state index in [0.717, 1.165) is 25.6 Å². The van der Waals surface area contributed by atoms with Crippen molar-refractivity contribution >= 4 is 0 Å². The van der Waals surface area contributed by atoms with Gasteiger partial charge in [0.15, 0.2) is 0 Å². The van der Waals surface area contributed by atoms with Gasteiger partial charge in [0.2, 0.25) is 0 Å². The van der Waals surface area contributed by atoms with Gasteiger partial charge in [-0.1, -0.05) is 34.6 Å². The van der Waals surface area contributed by atoms with Crippen LogP contribution >= 0.6 is 0 Å². The van der Waals surface area contributed by atoms with Gasteiger partial charge in [0.25, 0.3) is 0 Å². The molecule has 0 radical (unpaired) electrons. The molecule has 1 fully saturated rings. The smallest absolute Gasteiger partial charge is 0.0661 e. The zero-order valence-electron chi connectivity index (χ0n) is 13.8. The van der Waals surface area contributed by atoms with Crippen LogP contribution in [-0.2, 0) is 4.74 Å². The van der Waals surface area contributed by atoms with Crippen LogP contribution in [0.1, 0.15) is 47.5 Å². The average Bonchev–Trinajstić information content (AvgIpc) is 2.35. The van der Waals surface area contributed by atoms with Crippen LogP contribution in [0.15, 0.2) is 0 Å². The summed E-state index contributed by atoms with van der Waals surface area (Å²) in [7, 11) is 1.79. The number of nitrogens with two attached hydrogens (primary N) is 1. The van der Waals surface area contributed by atoms with E-state index in [1.54, 1.807) is 7.11 Å². The minimum absolute atomic E-state index is 0.0115. The highest BCUT2D eigenvalue weighted by molar-refractivity contribution is 4.97. The van der Waals surface area contributed by atoms with Crippen LogP contribution in [0.5, 0.6) is 0 Å². The van der Waals surface area contributed by atoms with Crippen molar-refractivity contribution in [3.05, 3.63) is 0 Å². The number of hydrogen-bond donors (Lipinski definition) is 1. The number of nitrogens with zero attached hydrogens (tertiary/aromatic N) is 1. The lowest BCUT2D eigenvalue weighted by molar-refractivity contribution is -0.0420. The summed E-state index contributed by atoms with van der Waals surface area (Å²) in [4.78, 5) is 2.59. The zero-order chi connectivity index (χ0) is 14.7. The SMILES string of the molecule is COCC(CN)(C(C)C)N1CCC(C(C)(C)C)CC1. The number of piperidine rings is 1. The highest BCUT2D eigenvalue weighted by Gasteiger charge is 2.41. The van der Waals surface area contributed by atoms with Crippen molar-refractivity contribution < 1.29 is 4.74 Å². The van der Waals surface area contributed by atoms with Crippen molar-refractivity contribution in [3.63, 3.8) is 0 Å². The van der Waals surface area contributed by atoms with Crippen molar-refractivity contribution in [3.8, 4) is 0 Å². The Morgan fingerprint density at radius 1 is 1.21 bits per heavy atom. The van der Waals surface area contributed by atoms with Gasteiger partial charge in [-0.2, -0.15) is 0 Å². The summed E-state index contributed by atoms with van der Waals surface area (Å²) in [6, 6.07) is 0. The van der Waals surface area contributed by atoms with Gasteiger partial charge >= 0.3 is 0 Å². The van der Waals surface area contributed by atoms with Crippen molar-refractivity contribution in [1.29, 1.82) is 0 Å². The Balaban J connectivity index is 2.75. The van der Waals surface area contributed by atoms with E-state index in [2.05, 4.69) is 39.5 Å². The predicted molar refractivity (Wildman–Crippen MR) is 82.3 cm³/mol. The molecule has 0 aromatic heterocycles. The topological polar surface area (TPSA) is 38.5 Å². The van der Waals surface area contributed by atoms with E-state index < -0.39 is 0 Å². The van der Waals surface area contributed by atoms with Crippen LogP contribution in [0.2, 0.25) is 0 Å². The maximum Gasteiger partial charge on any atom is 0.0661 e. The molecular formula is C16H34N2O. The van der Waals surface area contributed by atoms with Gasteiger partial charge < -0.3 is 10.5 Å². The normalized spacial score (nSPS) is 22.7. The molecule has 0 aromatic carbocycles. The van der Waals surface area contributed by atoms with E-state index in [9.17, 15) is 0 Å². The Bertz CT molecular complexity index is 264. The Hall–Kier alpha value is -0.120. The van der Waals surface area contributed by atoms with Crippen LogP contribution in [0.3, 0.4) is 0 Å². The number of hydrogen-bond acceptors (Lipinski definition) is 3. The molecule has 114 valence electrons. The van der Waals surface area contributed by atoms with E-state index in [1.807, 2.05) is 0 Å². The summed E-state index contributed by atoms with van der Waals surface area (Å²) in [6.07, 6.45) is 2.56. The molecule has 1 rings (SSSR count). The molecular weight excluding hydrogens is 236 g/mol. The van der Waals surface area contributed by atoms with E-state index >= 15 is 0 Å². The molecule has 2 N–H and O–H groups in total. The summed E-state index contributed by atoms with van der Waals surface area (Å²) in [5, 5.41) is 0. The summed E-state index contributed by atoms with van der Waals surface area (Å²) in [5.41, 5.74) is 6.56. The minimum atomic E-state index is 0.0115. The van der Waals surface area contributed by atoms with Crippen LogP contribution < -0.4 is 5.73 Å². The fourth-order valence-electron chi connectivity index (χ4n) is 3.49. The predicted octanol–water partition coefficient (Wildman–Crippen LogP) is 2.74. The first kappa shape index (κ1) is 16.9. The Kier molecular flexibility index (Phi) is 5.84. The average molecular weight is 270 g/mol. The molecule has 19 heavy (non-hydrogen) atoms. The Morgan fingerprint density at radius 2 is 1.74 bits per heavy atom. The minimum Gasteiger partial charge on any atom is -0.383 e. The molecule has 0 bridgehead atoms. The molecule has 1 saturated heterocycles. The van der Waals surface area contributed by atoms with Crippen molar-refractivity contribution in [2.75, 3.05) is 33.4 Å². The molecule has 0 spiro atoms. The number of methoxy groups -OCH3 is 1. The Morgan fingerprint density at radius 3 is 2.05 bits per heavy atom. The maximum absolute atomic E-state index is 6.12. The molecule has 1 atom stereocenters. The fraction of sp³-hybridized carbons (Fsp3) is 1.00. The summed E-state index contributed by atoms with van der Waals surface area (Å²) in [5.74, 6) is 1.34. The van der Waals surface area contributed by atoms with E-state index in [4.69, 9.17) is 10.5 Å². The van der Waals surface area contributed by atoms with Crippen molar-refractivity contribution in [2.45, 2.75) is 53.0 Å². The molecule has 1 aliphatic rings. The van der Waals surface area contributed by atoms with E-state index in [1.165, 1.54) is 12.8 Å². The molecule has 3 heteroatoms. The number of likely N-dealkylation sites (tertiary alicyclic amines) is 1. The molecule has 3 nitrogen and oxygen atoms in total. The van der Waals surface area contributed by atoms with Crippen LogP contribution in [0.4, 0.5) is 0 Å². The second-order valence-corrected chi connectivity index (χ2v) is 7.52. The van der Waals surface area contributed by atoms with Gasteiger partial charge in [-0.05, 0) is 43.2 Å². The van der Waals surface area contributed by atoms with E-state index in [-0.39, 0.29) is 5.54 Å². The zero-order valence-corrected chi connectivity index (χ0v) is 13.8. The van der Waals surface area contributed by atoms with Gasteiger partial charge in [0.1, 0.15) is 0 Å². The highest BCUT2D eigenvalue weighted by atomic mass is 16.5. The first-order valence-corrected chi connectivity index (χ1v) is 7.72.